The normalized spacial score (nSPS) is 28.8. The van der Waals surface area contributed by atoms with Crippen molar-refractivity contribution < 1.29 is 14.7 Å². The predicted octanol–water partition coefficient (Wildman–Crippen LogP) is 0.156. The fourth-order valence-electron chi connectivity index (χ4n) is 4.91. The minimum absolute atomic E-state index is 0.136. The number of likely N-dealkylation sites (tertiary alicyclic amines) is 1. The summed E-state index contributed by atoms with van der Waals surface area (Å²) in [6, 6.07) is 7.81. The molecule has 136 valence electrons. The number of hydrogen-bond acceptors (Lipinski definition) is 5. The molecule has 0 aliphatic carbocycles. The van der Waals surface area contributed by atoms with Crippen LogP contribution in [0, 0.1) is 0 Å². The molecule has 2 amide bonds. The second-order valence-electron chi connectivity index (χ2n) is 7.80. The van der Waals surface area contributed by atoms with E-state index < -0.39 is 11.6 Å². The van der Waals surface area contributed by atoms with Gasteiger partial charge < -0.3 is 10.1 Å². The maximum Gasteiger partial charge on any atom is 0.252 e. The minimum Gasteiger partial charge on any atom is -0.392 e. The molecule has 3 aliphatic rings. The zero-order valence-corrected chi connectivity index (χ0v) is 14.7. The van der Waals surface area contributed by atoms with Crippen LogP contribution in [0.1, 0.15) is 12.0 Å². The number of imide groups is 1. The van der Waals surface area contributed by atoms with E-state index in [4.69, 9.17) is 0 Å². The number of amides is 2. The maximum absolute atomic E-state index is 12.9. The van der Waals surface area contributed by atoms with Crippen molar-refractivity contribution in [1.82, 2.24) is 19.7 Å². The lowest BCUT2D eigenvalue weighted by atomic mass is 9.82. The van der Waals surface area contributed by atoms with E-state index >= 15 is 0 Å². The van der Waals surface area contributed by atoms with Crippen LogP contribution in [0.4, 0.5) is 0 Å². The van der Waals surface area contributed by atoms with Gasteiger partial charge >= 0.3 is 0 Å². The van der Waals surface area contributed by atoms with Gasteiger partial charge in [0.25, 0.3) is 5.91 Å². The summed E-state index contributed by atoms with van der Waals surface area (Å²) in [6.07, 6.45) is 1.90. The Balaban J connectivity index is 1.38. The molecule has 2 aromatic rings. The van der Waals surface area contributed by atoms with Gasteiger partial charge in [0.2, 0.25) is 5.91 Å². The van der Waals surface area contributed by atoms with Gasteiger partial charge in [0.1, 0.15) is 5.54 Å². The van der Waals surface area contributed by atoms with Crippen molar-refractivity contribution in [3.8, 4) is 0 Å². The minimum atomic E-state index is -0.670. The molecule has 3 aliphatic heterocycles. The first kappa shape index (κ1) is 16.0. The lowest BCUT2D eigenvalue weighted by Gasteiger charge is -2.58. The van der Waals surface area contributed by atoms with Gasteiger partial charge in [-0.3, -0.25) is 24.3 Å². The van der Waals surface area contributed by atoms with Crippen LogP contribution in [0.25, 0.3) is 10.9 Å². The molecule has 3 fully saturated rings. The number of rotatable bonds is 2. The molecule has 0 saturated carbocycles. The summed E-state index contributed by atoms with van der Waals surface area (Å²) < 4.78 is 0. The van der Waals surface area contributed by atoms with Crippen LogP contribution in [0.3, 0.4) is 0 Å². The first-order valence-electron chi connectivity index (χ1n) is 9.04. The molecular formula is C19H22N4O3. The predicted molar refractivity (Wildman–Crippen MR) is 95.2 cm³/mol. The fourth-order valence-corrected chi connectivity index (χ4v) is 4.91. The molecule has 2 atom stereocenters. The molecule has 1 spiro atoms. The molecule has 2 N–H and O–H groups in total. The molecule has 0 radical (unpaired) electrons. The van der Waals surface area contributed by atoms with Crippen molar-refractivity contribution in [2.24, 2.45) is 0 Å². The van der Waals surface area contributed by atoms with Gasteiger partial charge in [-0.1, -0.05) is 18.2 Å². The first-order chi connectivity index (χ1) is 12.5. The van der Waals surface area contributed by atoms with E-state index in [-0.39, 0.29) is 17.9 Å². The lowest BCUT2D eigenvalue weighted by molar-refractivity contribution is -0.178. The standard InChI is InChI=1S/C19H22N4O3/c1-21-17(25)16-6-13(24)9-23(16)19(18(21)26)10-22(11-19)8-12-7-20-15-5-3-2-4-14(12)15/h2-5,7,13,16,20,24H,6,8-11H2,1H3. The zero-order valence-electron chi connectivity index (χ0n) is 14.7. The average Bonchev–Trinajstić information content (AvgIpc) is 3.19. The number of nitrogens with one attached hydrogen (secondary N) is 1. The number of aliphatic hydroxyl groups excluding tert-OH is 1. The van der Waals surface area contributed by atoms with Crippen molar-refractivity contribution in [2.75, 3.05) is 26.7 Å². The molecule has 7 nitrogen and oxygen atoms in total. The number of carbonyl (C=O) groups is 2. The Bertz CT molecular complexity index is 901. The van der Waals surface area contributed by atoms with Crippen LogP contribution in [0.15, 0.2) is 30.5 Å². The van der Waals surface area contributed by atoms with Crippen molar-refractivity contribution >= 4 is 22.7 Å². The number of para-hydroxylation sites is 1. The number of hydrogen-bond donors (Lipinski definition) is 2. The van der Waals surface area contributed by atoms with Crippen LogP contribution < -0.4 is 0 Å². The highest BCUT2D eigenvalue weighted by molar-refractivity contribution is 6.05. The van der Waals surface area contributed by atoms with Crippen molar-refractivity contribution in [1.29, 1.82) is 0 Å². The Hall–Kier alpha value is -2.22. The van der Waals surface area contributed by atoms with E-state index in [0.717, 1.165) is 12.1 Å². The van der Waals surface area contributed by atoms with Crippen molar-refractivity contribution in [3.05, 3.63) is 36.0 Å². The average molecular weight is 354 g/mol. The molecule has 2 unspecified atom stereocenters. The van der Waals surface area contributed by atoms with Crippen molar-refractivity contribution in [2.45, 2.75) is 30.7 Å². The number of aromatic amines is 1. The third-order valence-electron chi connectivity index (χ3n) is 6.19. The van der Waals surface area contributed by atoms with Gasteiger partial charge in [-0.25, -0.2) is 0 Å². The topological polar surface area (TPSA) is 79.9 Å². The number of likely N-dealkylation sites (N-methyl/N-ethyl adjacent to an activating group) is 1. The Morgan fingerprint density at radius 3 is 2.85 bits per heavy atom. The highest BCUT2D eigenvalue weighted by Gasteiger charge is 2.63. The van der Waals surface area contributed by atoms with Crippen LogP contribution in [0.5, 0.6) is 0 Å². The fraction of sp³-hybridized carbons (Fsp3) is 0.474. The second kappa shape index (κ2) is 5.39. The van der Waals surface area contributed by atoms with Crippen LogP contribution in [0.2, 0.25) is 0 Å². The highest BCUT2D eigenvalue weighted by atomic mass is 16.3. The third kappa shape index (κ3) is 2.05. The van der Waals surface area contributed by atoms with E-state index in [2.05, 4.69) is 22.0 Å². The van der Waals surface area contributed by atoms with E-state index in [1.165, 1.54) is 15.8 Å². The van der Waals surface area contributed by atoms with E-state index in [1.54, 1.807) is 7.05 Å². The van der Waals surface area contributed by atoms with Crippen LogP contribution in [-0.4, -0.2) is 81.0 Å². The Morgan fingerprint density at radius 2 is 2.04 bits per heavy atom. The smallest absolute Gasteiger partial charge is 0.252 e. The number of benzene rings is 1. The van der Waals surface area contributed by atoms with E-state index in [0.29, 0.717) is 26.1 Å². The highest BCUT2D eigenvalue weighted by Crippen LogP contribution is 2.40. The summed E-state index contributed by atoms with van der Waals surface area (Å²) >= 11 is 0. The largest absolute Gasteiger partial charge is 0.392 e. The molecule has 0 bridgehead atoms. The second-order valence-corrected chi connectivity index (χ2v) is 7.80. The zero-order chi connectivity index (χ0) is 18.1. The van der Waals surface area contributed by atoms with Gasteiger partial charge in [0.05, 0.1) is 12.1 Å². The molecular weight excluding hydrogens is 332 g/mol. The molecule has 1 aromatic carbocycles. The van der Waals surface area contributed by atoms with Gasteiger partial charge in [0.15, 0.2) is 0 Å². The summed E-state index contributed by atoms with van der Waals surface area (Å²) in [4.78, 5) is 34.0. The number of β-amino-alcohol motifs (C(OH)–C–C–N with tert-alkyl or cyclic N) is 1. The van der Waals surface area contributed by atoms with Crippen LogP contribution >= 0.6 is 0 Å². The molecule has 4 heterocycles. The number of aliphatic hydroxyl groups is 1. The summed E-state index contributed by atoms with van der Waals surface area (Å²) in [7, 11) is 1.57. The number of nitrogens with zero attached hydrogens (tertiary/aromatic N) is 3. The van der Waals surface area contributed by atoms with Gasteiger partial charge in [0, 0.05) is 50.3 Å². The summed E-state index contributed by atoms with van der Waals surface area (Å²) in [5.41, 5.74) is 1.65. The molecule has 5 rings (SSSR count). The van der Waals surface area contributed by atoms with Gasteiger partial charge in [-0.15, -0.1) is 0 Å². The summed E-state index contributed by atoms with van der Waals surface area (Å²) in [5.74, 6) is -0.324. The summed E-state index contributed by atoms with van der Waals surface area (Å²) in [6.45, 7) is 2.34. The Morgan fingerprint density at radius 1 is 1.27 bits per heavy atom. The number of carbonyl (C=O) groups excluding carboxylic acids is 2. The number of aromatic nitrogens is 1. The Labute approximate surface area is 151 Å². The third-order valence-corrected chi connectivity index (χ3v) is 6.19. The number of H-pyrrole nitrogens is 1. The maximum atomic E-state index is 12.9. The van der Waals surface area contributed by atoms with E-state index in [1.807, 2.05) is 23.2 Å². The lowest BCUT2D eigenvalue weighted by Crippen LogP contribution is -2.80. The van der Waals surface area contributed by atoms with Gasteiger partial charge in [-0.2, -0.15) is 0 Å². The number of fused-ring (bicyclic) bond motifs is 3. The summed E-state index contributed by atoms with van der Waals surface area (Å²) in [5, 5.41) is 11.3. The van der Waals surface area contributed by atoms with Crippen LogP contribution in [-0.2, 0) is 16.1 Å². The molecule has 3 saturated heterocycles. The quantitative estimate of drug-likeness (QED) is 0.751. The number of piperazine rings is 1. The Kier molecular flexibility index (Phi) is 3.31. The monoisotopic (exact) mass is 354 g/mol. The first-order valence-corrected chi connectivity index (χ1v) is 9.04. The van der Waals surface area contributed by atoms with Crippen molar-refractivity contribution in [3.63, 3.8) is 0 Å². The SMILES string of the molecule is CN1C(=O)C2CC(O)CN2C2(CN(Cc3c[nH]c4ccccc34)C2)C1=O. The molecule has 1 aromatic heterocycles. The van der Waals surface area contributed by atoms with E-state index in [9.17, 15) is 14.7 Å². The van der Waals surface area contributed by atoms with Gasteiger partial charge in [-0.05, 0) is 18.1 Å². The molecule has 7 heteroatoms. The molecule has 26 heavy (non-hydrogen) atoms.